The summed E-state index contributed by atoms with van der Waals surface area (Å²) in [5.41, 5.74) is 2.52. The molecule has 0 unspecified atom stereocenters. The quantitative estimate of drug-likeness (QED) is 0.684. The molecule has 0 N–H and O–H groups in total. The zero-order valence-electron chi connectivity index (χ0n) is 8.97. The van der Waals surface area contributed by atoms with Gasteiger partial charge in [-0.3, -0.25) is 0 Å². The van der Waals surface area contributed by atoms with E-state index in [1.165, 1.54) is 11.1 Å². The Bertz CT molecular complexity index is 531. The van der Waals surface area contributed by atoms with Crippen molar-refractivity contribution >= 4 is 12.4 Å². The van der Waals surface area contributed by atoms with Crippen molar-refractivity contribution in [1.29, 1.82) is 0 Å². The highest BCUT2D eigenvalue weighted by Gasteiger charge is 2.32. The second-order valence-electron chi connectivity index (χ2n) is 4.31. The summed E-state index contributed by atoms with van der Waals surface area (Å²) in [6.45, 7) is 0. The van der Waals surface area contributed by atoms with Crippen LogP contribution in [0.5, 0.6) is 0 Å². The molecule has 2 heteroatoms. The molecule has 0 spiro atoms. The van der Waals surface area contributed by atoms with Crippen molar-refractivity contribution in [3.63, 3.8) is 0 Å². The first kappa shape index (κ1) is 9.86. The molecule has 3 rings (SSSR count). The van der Waals surface area contributed by atoms with Crippen LogP contribution in [0.4, 0.5) is 0 Å². The van der Waals surface area contributed by atoms with Crippen molar-refractivity contribution in [2.24, 2.45) is 0 Å². The van der Waals surface area contributed by atoms with Crippen LogP contribution >= 0.6 is 7.14 Å². The number of benzene rings is 2. The van der Waals surface area contributed by atoms with E-state index >= 15 is 0 Å². The first-order chi connectivity index (χ1) is 7.78. The van der Waals surface area contributed by atoms with Gasteiger partial charge in [0.15, 0.2) is 0 Å². The number of rotatable bonds is 1. The third-order valence-corrected chi connectivity index (χ3v) is 6.14. The molecule has 2 aromatic rings. The van der Waals surface area contributed by atoms with Gasteiger partial charge in [0.25, 0.3) is 0 Å². The third-order valence-electron chi connectivity index (χ3n) is 3.20. The molecule has 0 atom stereocenters. The summed E-state index contributed by atoms with van der Waals surface area (Å²) in [6.07, 6.45) is 1.46. The first-order valence-electron chi connectivity index (χ1n) is 5.48. The number of hydrogen-bond acceptors (Lipinski definition) is 1. The van der Waals surface area contributed by atoms with Crippen LogP contribution in [0.25, 0.3) is 0 Å². The van der Waals surface area contributed by atoms with Gasteiger partial charge >= 0.3 is 0 Å². The van der Waals surface area contributed by atoms with Crippen LogP contribution in [0, 0.1) is 0 Å². The molecule has 2 aromatic carbocycles. The maximum Gasteiger partial charge on any atom is 0.124 e. The van der Waals surface area contributed by atoms with Gasteiger partial charge in [0.1, 0.15) is 7.14 Å². The summed E-state index contributed by atoms with van der Waals surface area (Å²) in [7, 11) is -2.20. The fourth-order valence-electron chi connectivity index (χ4n) is 2.35. The second-order valence-corrected chi connectivity index (χ2v) is 7.24. The molecule has 0 fully saturated rings. The summed E-state index contributed by atoms with van der Waals surface area (Å²) in [4.78, 5) is 0. The summed E-state index contributed by atoms with van der Waals surface area (Å²) >= 11 is 0. The summed E-state index contributed by atoms with van der Waals surface area (Å²) in [6, 6.07) is 18.1. The average molecular weight is 228 g/mol. The van der Waals surface area contributed by atoms with Crippen molar-refractivity contribution in [2.75, 3.05) is 0 Å². The largest absolute Gasteiger partial charge is 0.318 e. The Morgan fingerprint density at radius 3 is 1.81 bits per heavy atom. The average Bonchev–Trinajstić information content (AvgIpc) is 2.68. The highest BCUT2D eigenvalue weighted by atomic mass is 31.2. The molecule has 1 aliphatic rings. The molecule has 0 aromatic heterocycles. The molecule has 0 saturated heterocycles. The van der Waals surface area contributed by atoms with E-state index in [0.717, 1.165) is 17.6 Å². The monoisotopic (exact) mass is 228 g/mol. The van der Waals surface area contributed by atoms with Crippen molar-refractivity contribution in [3.05, 3.63) is 65.7 Å². The van der Waals surface area contributed by atoms with Crippen LogP contribution < -0.4 is 5.30 Å². The van der Waals surface area contributed by atoms with E-state index < -0.39 is 7.14 Å². The Balaban J connectivity index is 2.04. The Morgan fingerprint density at radius 1 is 0.750 bits per heavy atom. The summed E-state index contributed by atoms with van der Waals surface area (Å²) in [5.74, 6) is 0. The highest BCUT2D eigenvalue weighted by molar-refractivity contribution is 7.70. The van der Waals surface area contributed by atoms with E-state index in [2.05, 4.69) is 12.1 Å². The predicted molar refractivity (Wildman–Crippen MR) is 67.5 cm³/mol. The molecule has 1 nitrogen and oxygen atoms in total. The molecule has 16 heavy (non-hydrogen) atoms. The van der Waals surface area contributed by atoms with Gasteiger partial charge in [-0.1, -0.05) is 54.6 Å². The van der Waals surface area contributed by atoms with Crippen molar-refractivity contribution < 1.29 is 4.57 Å². The van der Waals surface area contributed by atoms with Gasteiger partial charge in [-0.05, 0) is 11.1 Å². The first-order valence-corrected chi connectivity index (χ1v) is 7.56. The van der Waals surface area contributed by atoms with Crippen LogP contribution in [0.2, 0.25) is 0 Å². The minimum Gasteiger partial charge on any atom is -0.318 e. The van der Waals surface area contributed by atoms with Gasteiger partial charge in [-0.25, -0.2) is 0 Å². The Morgan fingerprint density at radius 2 is 1.25 bits per heavy atom. The fourth-order valence-corrected chi connectivity index (χ4v) is 5.26. The lowest BCUT2D eigenvalue weighted by atomic mass is 10.1. The molecule has 1 heterocycles. The molecule has 0 bridgehead atoms. The normalized spacial score (nSPS) is 17.0. The number of fused-ring (bicyclic) bond motifs is 1. The van der Waals surface area contributed by atoms with Gasteiger partial charge in [-0.15, -0.1) is 0 Å². The zero-order chi connectivity index (χ0) is 11.0. The summed E-state index contributed by atoms with van der Waals surface area (Å²) < 4.78 is 12.9. The van der Waals surface area contributed by atoms with Crippen LogP contribution in [0.15, 0.2) is 54.6 Å². The standard InChI is InChI=1S/C14H13OP/c15-16(14-8-2-1-3-9-14)10-12-6-4-5-7-13(12)11-16/h1-9H,10-11H2. The van der Waals surface area contributed by atoms with E-state index in [1.54, 1.807) is 0 Å². The molecule has 0 aliphatic carbocycles. The highest BCUT2D eigenvalue weighted by Crippen LogP contribution is 2.56. The minimum atomic E-state index is -2.20. The number of hydrogen-bond donors (Lipinski definition) is 0. The van der Waals surface area contributed by atoms with E-state index in [0.29, 0.717) is 0 Å². The van der Waals surface area contributed by atoms with Gasteiger partial charge < -0.3 is 4.57 Å². The van der Waals surface area contributed by atoms with Crippen molar-refractivity contribution in [2.45, 2.75) is 12.3 Å². The lowest BCUT2D eigenvalue weighted by molar-refractivity contribution is 0.582. The second kappa shape index (κ2) is 3.61. The smallest absolute Gasteiger partial charge is 0.124 e. The SMILES string of the molecule is O=P1(c2ccccc2)Cc2ccccc2C1. The fraction of sp³-hybridized carbons (Fsp3) is 0.143. The van der Waals surface area contributed by atoms with E-state index in [1.807, 2.05) is 42.5 Å². The molecule has 0 amide bonds. The predicted octanol–water partition coefficient (Wildman–Crippen LogP) is 3.39. The van der Waals surface area contributed by atoms with Gasteiger partial charge in [0.2, 0.25) is 0 Å². The Labute approximate surface area is 95.5 Å². The molecule has 80 valence electrons. The molecular formula is C14H13OP. The van der Waals surface area contributed by atoms with E-state index in [4.69, 9.17) is 0 Å². The van der Waals surface area contributed by atoms with Crippen LogP contribution in [0.3, 0.4) is 0 Å². The minimum absolute atomic E-state index is 0.729. The van der Waals surface area contributed by atoms with Crippen molar-refractivity contribution in [3.8, 4) is 0 Å². The lowest BCUT2D eigenvalue weighted by Crippen LogP contribution is -2.03. The maximum atomic E-state index is 12.9. The maximum absolute atomic E-state index is 12.9. The van der Waals surface area contributed by atoms with Crippen molar-refractivity contribution in [1.82, 2.24) is 0 Å². The Hall–Kier alpha value is -1.33. The third kappa shape index (κ3) is 1.52. The molecule has 0 saturated carbocycles. The van der Waals surface area contributed by atoms with E-state index in [9.17, 15) is 4.57 Å². The topological polar surface area (TPSA) is 17.1 Å². The van der Waals surface area contributed by atoms with Gasteiger partial charge in [0, 0.05) is 17.6 Å². The molecule has 1 aliphatic heterocycles. The van der Waals surface area contributed by atoms with Crippen LogP contribution in [0.1, 0.15) is 11.1 Å². The van der Waals surface area contributed by atoms with Crippen LogP contribution in [-0.4, -0.2) is 0 Å². The van der Waals surface area contributed by atoms with Crippen LogP contribution in [-0.2, 0) is 16.9 Å². The summed E-state index contributed by atoms with van der Waals surface area (Å²) in [5, 5.41) is 1.02. The Kier molecular flexibility index (Phi) is 2.22. The van der Waals surface area contributed by atoms with Gasteiger partial charge in [0.05, 0.1) is 0 Å². The zero-order valence-corrected chi connectivity index (χ0v) is 9.86. The van der Waals surface area contributed by atoms with E-state index in [-0.39, 0.29) is 0 Å². The lowest BCUT2D eigenvalue weighted by Gasteiger charge is -2.10. The molecule has 0 radical (unpaired) electrons. The molecular weight excluding hydrogens is 215 g/mol. The van der Waals surface area contributed by atoms with Gasteiger partial charge in [-0.2, -0.15) is 0 Å².